The van der Waals surface area contributed by atoms with E-state index in [1.165, 1.54) is 4.90 Å². The monoisotopic (exact) mass is 488 g/mol. The highest BCUT2D eigenvalue weighted by Gasteiger charge is 2.34. The highest BCUT2D eigenvalue weighted by Crippen LogP contribution is 2.11. The highest BCUT2D eigenvalue weighted by atomic mass is 35.5. The Balaban J connectivity index is -0.00000364. The normalized spacial score (nSPS) is 19.6. The first kappa shape index (κ1) is 34.7. The summed E-state index contributed by atoms with van der Waals surface area (Å²) in [6, 6.07) is 0. The number of nitrogens with zero attached hydrogens (tertiary/aromatic N) is 1. The zero-order chi connectivity index (χ0) is 21.9. The van der Waals surface area contributed by atoms with Gasteiger partial charge in [0.25, 0.3) is 0 Å². The first-order chi connectivity index (χ1) is 13.1. The third-order valence-corrected chi connectivity index (χ3v) is 4.44. The molecule has 14 heteroatoms. The molecule has 11 N–H and O–H groups in total. The Morgan fingerprint density at radius 1 is 0.633 bits per heavy atom. The second-order valence-corrected chi connectivity index (χ2v) is 6.81. The summed E-state index contributed by atoms with van der Waals surface area (Å²) in [5.74, 6) is 0. The minimum absolute atomic E-state index is 0. The van der Waals surface area contributed by atoms with Gasteiger partial charge in [0.05, 0.1) is 25.4 Å². The molecule has 0 radical (unpaired) electrons. The third kappa shape index (κ3) is 12.2. The quantitative estimate of drug-likeness (QED) is 0.0916. The van der Waals surface area contributed by atoms with E-state index < -0.39 is 62.0 Å². The molecule has 0 bridgehead atoms. The molecule has 0 fully saturated rings. The van der Waals surface area contributed by atoms with Crippen molar-refractivity contribution in [2.45, 2.75) is 55.3 Å². The van der Waals surface area contributed by atoms with Crippen molar-refractivity contribution in [3.63, 3.8) is 0 Å². The number of rotatable bonds is 16. The van der Waals surface area contributed by atoms with Crippen LogP contribution in [0.4, 0.5) is 0 Å². The summed E-state index contributed by atoms with van der Waals surface area (Å²) in [7, 11) is 1.72. The lowest BCUT2D eigenvalue weighted by Gasteiger charge is -2.33. The Morgan fingerprint density at radius 2 is 0.967 bits per heavy atom. The maximum absolute atomic E-state index is 10.1. The molecule has 8 atom stereocenters. The van der Waals surface area contributed by atoms with Crippen molar-refractivity contribution in [1.29, 1.82) is 0 Å². The fourth-order valence-corrected chi connectivity index (χ4v) is 2.61. The summed E-state index contributed by atoms with van der Waals surface area (Å²) >= 11 is 0. The third-order valence-electron chi connectivity index (χ3n) is 4.44. The van der Waals surface area contributed by atoms with Crippen LogP contribution in [0.3, 0.4) is 0 Å². The first-order valence-corrected chi connectivity index (χ1v) is 9.13. The molecule has 0 aromatic carbocycles. The van der Waals surface area contributed by atoms with Crippen LogP contribution in [0, 0.1) is 0 Å². The van der Waals surface area contributed by atoms with E-state index in [4.69, 9.17) is 10.2 Å². The van der Waals surface area contributed by atoms with Gasteiger partial charge in [-0.3, -0.25) is 4.90 Å². The van der Waals surface area contributed by atoms with E-state index in [-0.39, 0.29) is 37.9 Å². The van der Waals surface area contributed by atoms with Gasteiger partial charge in [0.1, 0.15) is 36.6 Å². The Bertz CT molecular complexity index is 375. The zero-order valence-corrected chi connectivity index (χ0v) is 18.4. The van der Waals surface area contributed by atoms with Gasteiger partial charge in [0, 0.05) is 13.1 Å². The van der Waals surface area contributed by atoms with Gasteiger partial charge in [-0.25, -0.2) is 0 Å². The van der Waals surface area contributed by atoms with Crippen molar-refractivity contribution in [3.8, 4) is 0 Å². The van der Waals surface area contributed by atoms with Crippen molar-refractivity contribution in [2.75, 3.05) is 46.4 Å². The topological polar surface area (TPSA) is 218 Å². The lowest BCUT2D eigenvalue weighted by atomic mass is 10.0. The number of hydrogen-bond acceptors (Lipinski definition) is 12. The smallest absolute Gasteiger partial charge is 0.111 e. The molecule has 0 aromatic rings. The Labute approximate surface area is 188 Å². The van der Waals surface area contributed by atoms with Crippen molar-refractivity contribution in [2.24, 2.45) is 0 Å². The van der Waals surface area contributed by atoms with Gasteiger partial charge in [-0.05, 0) is 26.6 Å². The van der Waals surface area contributed by atoms with E-state index in [0.29, 0.717) is 19.5 Å². The molecular formula is C16H38Cl2N2O10. The maximum atomic E-state index is 10.1. The second kappa shape index (κ2) is 18.7. The van der Waals surface area contributed by atoms with Crippen LogP contribution < -0.4 is 5.32 Å². The lowest BCUT2D eigenvalue weighted by molar-refractivity contribution is -0.130. The fraction of sp³-hybridized carbons (Fsp3) is 1.00. The highest BCUT2D eigenvalue weighted by molar-refractivity contribution is 5.85. The van der Waals surface area contributed by atoms with E-state index in [9.17, 15) is 40.9 Å². The predicted molar refractivity (Wildman–Crippen MR) is 112 cm³/mol. The zero-order valence-electron chi connectivity index (χ0n) is 16.8. The molecule has 1 unspecified atom stereocenters. The van der Waals surface area contributed by atoms with Crippen LogP contribution in [0.5, 0.6) is 0 Å². The van der Waals surface area contributed by atoms with Crippen LogP contribution in [0.25, 0.3) is 0 Å². The van der Waals surface area contributed by atoms with Gasteiger partial charge in [-0.2, -0.15) is 0 Å². The molecule has 0 saturated heterocycles. The van der Waals surface area contributed by atoms with Crippen molar-refractivity contribution in [1.82, 2.24) is 10.2 Å². The SMILES string of the molecule is CNCCCN(CC(O)[C@@H](O)[C@H](O)[C@H](O)CO)C[C@H](O)[C@@H](O)[C@H](O)[C@H](O)CO.Cl.Cl. The number of halogens is 2. The molecule has 30 heavy (non-hydrogen) atoms. The standard InChI is InChI=1S/C16H36N2O10.2ClH/c1-17-3-2-4-18(5-9(21)13(25)15(27)11(23)7-19)6-10(22)14(26)16(28)12(24)8-20;;/h9-17,19-28H,2-8H2,1H3;2*1H/t9-,10?,11+,12+,13+,14+,15+,16+;;/m0../s1. The van der Waals surface area contributed by atoms with E-state index in [2.05, 4.69) is 5.32 Å². The van der Waals surface area contributed by atoms with Gasteiger partial charge < -0.3 is 56.4 Å². The van der Waals surface area contributed by atoms with E-state index in [0.717, 1.165) is 0 Å². The van der Waals surface area contributed by atoms with Crippen LogP contribution in [-0.2, 0) is 0 Å². The Kier molecular flexibility index (Phi) is 21.6. The van der Waals surface area contributed by atoms with Crippen molar-refractivity contribution in [3.05, 3.63) is 0 Å². The molecule has 0 rings (SSSR count). The average Bonchev–Trinajstić information content (AvgIpc) is 2.69. The van der Waals surface area contributed by atoms with Crippen LogP contribution >= 0.6 is 24.8 Å². The van der Waals surface area contributed by atoms with Crippen molar-refractivity contribution < 1.29 is 51.1 Å². The lowest BCUT2D eigenvalue weighted by Crippen LogP contribution is -2.53. The fourth-order valence-electron chi connectivity index (χ4n) is 2.61. The molecule has 0 aliphatic carbocycles. The summed E-state index contributed by atoms with van der Waals surface area (Å²) in [5.41, 5.74) is 0. The Morgan fingerprint density at radius 3 is 1.27 bits per heavy atom. The molecule has 186 valence electrons. The number of aliphatic hydroxyl groups is 10. The molecule has 12 nitrogen and oxygen atoms in total. The van der Waals surface area contributed by atoms with E-state index in [1.807, 2.05) is 0 Å². The second-order valence-electron chi connectivity index (χ2n) is 6.81. The summed E-state index contributed by atoms with van der Waals surface area (Å²) < 4.78 is 0. The van der Waals surface area contributed by atoms with E-state index >= 15 is 0 Å². The average molecular weight is 489 g/mol. The van der Waals surface area contributed by atoms with Crippen LogP contribution in [0.2, 0.25) is 0 Å². The van der Waals surface area contributed by atoms with Gasteiger partial charge in [-0.1, -0.05) is 0 Å². The van der Waals surface area contributed by atoms with Crippen molar-refractivity contribution >= 4 is 24.8 Å². The van der Waals surface area contributed by atoms with Gasteiger partial charge in [-0.15, -0.1) is 24.8 Å². The Hall–Kier alpha value is 0.100. The molecule has 0 amide bonds. The van der Waals surface area contributed by atoms with E-state index in [1.54, 1.807) is 7.05 Å². The molecular weight excluding hydrogens is 451 g/mol. The minimum atomic E-state index is -1.80. The molecule has 0 aliphatic heterocycles. The van der Waals surface area contributed by atoms with Gasteiger partial charge in [0.15, 0.2) is 0 Å². The number of aliphatic hydroxyl groups excluding tert-OH is 10. The van der Waals surface area contributed by atoms with Crippen LogP contribution in [0.15, 0.2) is 0 Å². The number of hydrogen-bond donors (Lipinski definition) is 11. The number of nitrogens with one attached hydrogen (secondary N) is 1. The molecule has 0 aliphatic rings. The largest absolute Gasteiger partial charge is 0.394 e. The predicted octanol–water partition coefficient (Wildman–Crippen LogP) is -5.39. The van der Waals surface area contributed by atoms with Crippen LogP contribution in [0.1, 0.15) is 6.42 Å². The first-order valence-electron chi connectivity index (χ1n) is 9.13. The molecule has 0 heterocycles. The summed E-state index contributed by atoms with van der Waals surface area (Å²) in [6.07, 6.45) is -13.0. The maximum Gasteiger partial charge on any atom is 0.111 e. The summed E-state index contributed by atoms with van der Waals surface area (Å²) in [4.78, 5) is 1.45. The van der Waals surface area contributed by atoms with Crippen LogP contribution in [-0.4, -0.2) is 151 Å². The van der Waals surface area contributed by atoms with Gasteiger partial charge in [0.2, 0.25) is 0 Å². The molecule has 0 saturated carbocycles. The molecule has 0 aromatic heterocycles. The summed E-state index contributed by atoms with van der Waals surface area (Å²) in [6.45, 7) is -1.26. The summed E-state index contributed by atoms with van der Waals surface area (Å²) in [5, 5.41) is 98.7. The minimum Gasteiger partial charge on any atom is -0.394 e. The molecule has 0 spiro atoms. The van der Waals surface area contributed by atoms with Gasteiger partial charge >= 0.3 is 0 Å².